The van der Waals surface area contributed by atoms with Crippen LogP contribution in [0, 0.1) is 11.3 Å². The monoisotopic (exact) mass is 365 g/mol. The Labute approximate surface area is 154 Å². The maximum Gasteiger partial charge on any atom is 0.315 e. The van der Waals surface area contributed by atoms with Crippen molar-refractivity contribution in [3.8, 4) is 0 Å². The topological polar surface area (TPSA) is 98.7 Å². The largest absolute Gasteiger partial charge is 0.481 e. The molecule has 0 bridgehead atoms. The molecule has 3 N–H and O–H groups in total. The van der Waals surface area contributed by atoms with Crippen LogP contribution in [0.25, 0.3) is 0 Å². The lowest BCUT2D eigenvalue weighted by Crippen LogP contribution is -2.43. The van der Waals surface area contributed by atoms with Crippen molar-refractivity contribution in [1.82, 2.24) is 15.5 Å². The van der Waals surface area contributed by atoms with Gasteiger partial charge in [-0.2, -0.15) is 0 Å². The van der Waals surface area contributed by atoms with Gasteiger partial charge in [0.2, 0.25) is 5.91 Å². The lowest BCUT2D eigenvalue weighted by Gasteiger charge is -2.23. The summed E-state index contributed by atoms with van der Waals surface area (Å²) >= 11 is 0. The summed E-state index contributed by atoms with van der Waals surface area (Å²) in [4.78, 5) is 37.7. The molecule has 0 spiro atoms. The van der Waals surface area contributed by atoms with Gasteiger partial charge in [0.05, 0.1) is 5.41 Å². The van der Waals surface area contributed by atoms with Gasteiger partial charge in [-0.05, 0) is 38.0 Å². The van der Waals surface area contributed by atoms with E-state index in [1.165, 1.54) is 19.3 Å². The van der Waals surface area contributed by atoms with Crippen LogP contribution in [0.15, 0.2) is 0 Å². The molecule has 3 amide bonds. The van der Waals surface area contributed by atoms with E-state index in [2.05, 4.69) is 10.6 Å². The molecule has 1 saturated heterocycles. The third kappa shape index (κ3) is 4.13. The molecule has 0 aromatic carbocycles. The quantitative estimate of drug-likeness (QED) is 0.628. The number of aliphatic carboxylic acids is 1. The highest BCUT2D eigenvalue weighted by molar-refractivity contribution is 5.81. The fraction of sp³-hybridized carbons (Fsp3) is 0.842. The molecule has 26 heavy (non-hydrogen) atoms. The van der Waals surface area contributed by atoms with Crippen LogP contribution in [-0.4, -0.2) is 53.6 Å². The van der Waals surface area contributed by atoms with Crippen LogP contribution in [0.5, 0.6) is 0 Å². The maximum atomic E-state index is 12.4. The molecule has 3 rings (SSSR count). The van der Waals surface area contributed by atoms with E-state index < -0.39 is 11.4 Å². The number of carbonyl (C=O) groups excluding carboxylic acids is 2. The summed E-state index contributed by atoms with van der Waals surface area (Å²) < 4.78 is 0. The average Bonchev–Trinajstić information content (AvgIpc) is 3.18. The number of carboxylic acid groups (broad SMARTS) is 1. The Hall–Kier alpha value is -1.79. The maximum absolute atomic E-state index is 12.4. The molecule has 146 valence electrons. The molecule has 7 heteroatoms. The van der Waals surface area contributed by atoms with Crippen LogP contribution < -0.4 is 10.6 Å². The Morgan fingerprint density at radius 1 is 1.08 bits per heavy atom. The van der Waals surface area contributed by atoms with Crippen molar-refractivity contribution >= 4 is 17.9 Å². The molecular formula is C19H31N3O4. The number of carbonyl (C=O) groups is 3. The van der Waals surface area contributed by atoms with E-state index in [9.17, 15) is 19.5 Å². The van der Waals surface area contributed by atoms with Gasteiger partial charge in [0.25, 0.3) is 0 Å². The lowest BCUT2D eigenvalue weighted by atomic mass is 9.81. The number of likely N-dealkylation sites (tertiary alicyclic amines) is 1. The molecule has 2 aliphatic carbocycles. The minimum Gasteiger partial charge on any atom is -0.481 e. The third-order valence-electron chi connectivity index (χ3n) is 6.44. The first kappa shape index (κ1) is 19.0. The second kappa shape index (κ2) is 8.27. The van der Waals surface area contributed by atoms with Gasteiger partial charge in [0.15, 0.2) is 0 Å². The van der Waals surface area contributed by atoms with Gasteiger partial charge in [-0.25, -0.2) is 4.79 Å². The molecule has 0 aromatic rings. The summed E-state index contributed by atoms with van der Waals surface area (Å²) in [5, 5.41) is 15.4. The number of rotatable bonds is 6. The van der Waals surface area contributed by atoms with Gasteiger partial charge < -0.3 is 20.6 Å². The van der Waals surface area contributed by atoms with Gasteiger partial charge in [-0.3, -0.25) is 9.59 Å². The second-order valence-electron chi connectivity index (χ2n) is 8.16. The van der Waals surface area contributed by atoms with Crippen LogP contribution in [0.2, 0.25) is 0 Å². The molecule has 0 radical (unpaired) electrons. The van der Waals surface area contributed by atoms with Crippen LogP contribution in [0.4, 0.5) is 4.79 Å². The van der Waals surface area contributed by atoms with Crippen molar-refractivity contribution in [2.24, 2.45) is 11.3 Å². The Morgan fingerprint density at radius 2 is 1.85 bits per heavy atom. The zero-order valence-electron chi connectivity index (χ0n) is 15.5. The van der Waals surface area contributed by atoms with E-state index in [1.54, 1.807) is 4.90 Å². The zero-order valence-corrected chi connectivity index (χ0v) is 15.5. The molecule has 7 nitrogen and oxygen atoms in total. The first-order chi connectivity index (χ1) is 12.5. The highest BCUT2D eigenvalue weighted by atomic mass is 16.4. The average molecular weight is 365 g/mol. The number of urea groups is 1. The SMILES string of the molecule is O=C(NCCCC(=O)N1C[C@@H]2CCC[C@@]2(C(=O)O)C1)NC1CCCCC1. The van der Waals surface area contributed by atoms with Crippen molar-refractivity contribution in [3.05, 3.63) is 0 Å². The van der Waals surface area contributed by atoms with Crippen molar-refractivity contribution in [2.45, 2.75) is 70.3 Å². The van der Waals surface area contributed by atoms with Crippen molar-refractivity contribution < 1.29 is 19.5 Å². The summed E-state index contributed by atoms with van der Waals surface area (Å²) in [6, 6.07) is 0.131. The lowest BCUT2D eigenvalue weighted by molar-refractivity contribution is -0.149. The van der Waals surface area contributed by atoms with E-state index in [1.807, 2.05) is 0 Å². The van der Waals surface area contributed by atoms with Crippen molar-refractivity contribution in [3.63, 3.8) is 0 Å². The van der Waals surface area contributed by atoms with E-state index in [0.717, 1.165) is 25.7 Å². The molecule has 0 aromatic heterocycles. The van der Waals surface area contributed by atoms with Crippen LogP contribution in [0.1, 0.15) is 64.2 Å². The minimum atomic E-state index is -0.753. The van der Waals surface area contributed by atoms with Crippen LogP contribution >= 0.6 is 0 Å². The van der Waals surface area contributed by atoms with E-state index >= 15 is 0 Å². The summed E-state index contributed by atoms with van der Waals surface area (Å²) in [6.45, 7) is 1.38. The number of nitrogens with zero attached hydrogens (tertiary/aromatic N) is 1. The van der Waals surface area contributed by atoms with Crippen molar-refractivity contribution in [2.75, 3.05) is 19.6 Å². The smallest absolute Gasteiger partial charge is 0.315 e. The molecule has 1 aliphatic heterocycles. The number of carboxylic acids is 1. The summed E-state index contributed by atoms with van der Waals surface area (Å²) in [6.07, 6.45) is 9.16. The number of hydrogen-bond donors (Lipinski definition) is 3. The molecule has 2 atom stereocenters. The minimum absolute atomic E-state index is 0.00881. The number of amides is 3. The first-order valence-electron chi connectivity index (χ1n) is 10.1. The second-order valence-corrected chi connectivity index (χ2v) is 8.16. The standard InChI is InChI=1S/C19H31N3O4/c23-16(22-12-14-6-4-10-19(14,13-22)17(24)25)9-5-11-20-18(26)21-15-7-2-1-3-8-15/h14-15H,1-13H2,(H,24,25)(H2,20,21,26)/t14-,19+/m0/s1. The Balaban J connectivity index is 1.34. The highest BCUT2D eigenvalue weighted by Crippen LogP contribution is 2.48. The van der Waals surface area contributed by atoms with Crippen LogP contribution in [-0.2, 0) is 9.59 Å². The fourth-order valence-electron chi connectivity index (χ4n) is 4.91. The molecule has 3 fully saturated rings. The molecule has 2 saturated carbocycles. The Kier molecular flexibility index (Phi) is 6.04. The number of fused-ring (bicyclic) bond motifs is 1. The molecule has 3 aliphatic rings. The van der Waals surface area contributed by atoms with E-state index in [0.29, 0.717) is 38.9 Å². The Morgan fingerprint density at radius 3 is 2.54 bits per heavy atom. The Bertz CT molecular complexity index is 547. The van der Waals surface area contributed by atoms with E-state index in [4.69, 9.17) is 0 Å². The normalized spacial score (nSPS) is 28.6. The number of hydrogen-bond acceptors (Lipinski definition) is 3. The highest BCUT2D eigenvalue weighted by Gasteiger charge is 2.55. The van der Waals surface area contributed by atoms with E-state index in [-0.39, 0.29) is 23.9 Å². The van der Waals surface area contributed by atoms with Gasteiger partial charge in [0, 0.05) is 32.1 Å². The first-order valence-corrected chi connectivity index (χ1v) is 10.1. The third-order valence-corrected chi connectivity index (χ3v) is 6.44. The summed E-state index contributed by atoms with van der Waals surface area (Å²) in [5.41, 5.74) is -0.714. The van der Waals surface area contributed by atoms with Crippen molar-refractivity contribution in [1.29, 1.82) is 0 Å². The predicted octanol–water partition coefficient (Wildman–Crippen LogP) is 2.11. The van der Waals surface area contributed by atoms with Crippen LogP contribution in [0.3, 0.4) is 0 Å². The molecule has 1 heterocycles. The predicted molar refractivity (Wildman–Crippen MR) is 96.6 cm³/mol. The zero-order chi connectivity index (χ0) is 18.6. The molecule has 0 unspecified atom stereocenters. The summed E-state index contributed by atoms with van der Waals surface area (Å²) in [7, 11) is 0. The number of nitrogens with one attached hydrogen (secondary N) is 2. The fourth-order valence-corrected chi connectivity index (χ4v) is 4.91. The van der Waals surface area contributed by atoms with Gasteiger partial charge in [0.1, 0.15) is 0 Å². The van der Waals surface area contributed by atoms with Gasteiger partial charge >= 0.3 is 12.0 Å². The summed E-state index contributed by atoms with van der Waals surface area (Å²) in [5.74, 6) is -0.644. The van der Waals surface area contributed by atoms with Gasteiger partial charge in [-0.1, -0.05) is 25.7 Å². The molecular weight excluding hydrogens is 334 g/mol. The van der Waals surface area contributed by atoms with Gasteiger partial charge in [-0.15, -0.1) is 0 Å².